The minimum Gasteiger partial charge on any atom is -0.481 e. The highest BCUT2D eigenvalue weighted by Crippen LogP contribution is 2.05. The molecule has 0 radical (unpaired) electrons. The van der Waals surface area contributed by atoms with Gasteiger partial charge in [0.1, 0.15) is 30.2 Å². The van der Waals surface area contributed by atoms with Crippen LogP contribution in [0.1, 0.15) is 51.9 Å². The summed E-state index contributed by atoms with van der Waals surface area (Å²) < 4.78 is 0. The minimum atomic E-state index is -1.50. The van der Waals surface area contributed by atoms with Crippen LogP contribution in [-0.4, -0.2) is 100 Å². The van der Waals surface area contributed by atoms with Crippen LogP contribution < -0.4 is 38.5 Å². The standard InChI is InChI=1S/C22H39N7O10/c1-11(18(34)29-15(22(38)39)4-2-3-9-23)26-20(36)14(6-8-17(32)33)28-21(37)13(5-7-16(25)31)27-19(35)12(24)10-30/h11-15,30H,2-10,23-24H2,1H3,(H2,25,31)(H,26,36)(H,27,35)(H,28,37)(H,29,34)(H,32,33)(H,38,39)/t11-,12-,13-,14-,15-/m0/s1. The van der Waals surface area contributed by atoms with Gasteiger partial charge in [-0.05, 0) is 45.6 Å². The number of amides is 5. The monoisotopic (exact) mass is 561 g/mol. The molecule has 0 fully saturated rings. The second-order valence-corrected chi connectivity index (χ2v) is 8.76. The lowest BCUT2D eigenvalue weighted by atomic mass is 10.1. The van der Waals surface area contributed by atoms with Gasteiger partial charge >= 0.3 is 11.9 Å². The van der Waals surface area contributed by atoms with Gasteiger partial charge < -0.3 is 53.8 Å². The minimum absolute atomic E-state index is 0.106. The number of rotatable bonds is 20. The van der Waals surface area contributed by atoms with Crippen LogP contribution in [0.5, 0.6) is 0 Å². The first kappa shape index (κ1) is 35.2. The molecule has 0 spiro atoms. The Balaban J connectivity index is 5.53. The lowest BCUT2D eigenvalue weighted by Gasteiger charge is -2.25. The zero-order valence-electron chi connectivity index (χ0n) is 21.7. The number of nitrogens with one attached hydrogen (secondary N) is 4. The zero-order chi connectivity index (χ0) is 30.1. The molecule has 0 aliphatic heterocycles. The van der Waals surface area contributed by atoms with Gasteiger partial charge in [0.2, 0.25) is 29.5 Å². The molecule has 17 nitrogen and oxygen atoms in total. The summed E-state index contributed by atoms with van der Waals surface area (Å²) in [5, 5.41) is 36.5. The molecule has 0 aromatic carbocycles. The van der Waals surface area contributed by atoms with Crippen molar-refractivity contribution in [3.8, 4) is 0 Å². The first-order valence-electron chi connectivity index (χ1n) is 12.2. The molecule has 0 rings (SSSR count). The fraction of sp³-hybridized carbons (Fsp3) is 0.682. The number of carboxylic acid groups (broad SMARTS) is 2. The lowest BCUT2D eigenvalue weighted by Crippen LogP contribution is -2.58. The fourth-order valence-electron chi connectivity index (χ4n) is 3.15. The molecule has 0 saturated heterocycles. The first-order chi connectivity index (χ1) is 18.2. The van der Waals surface area contributed by atoms with E-state index in [4.69, 9.17) is 27.4 Å². The summed E-state index contributed by atoms with van der Waals surface area (Å²) in [6.45, 7) is 0.862. The van der Waals surface area contributed by atoms with Crippen molar-refractivity contribution >= 4 is 41.5 Å². The van der Waals surface area contributed by atoms with Crippen molar-refractivity contribution in [1.29, 1.82) is 0 Å². The van der Waals surface area contributed by atoms with Crippen molar-refractivity contribution in [2.24, 2.45) is 17.2 Å². The molecule has 39 heavy (non-hydrogen) atoms. The number of carbonyl (C=O) groups is 7. The summed E-state index contributed by atoms with van der Waals surface area (Å²) >= 11 is 0. The third-order valence-electron chi connectivity index (χ3n) is 5.44. The predicted octanol–water partition coefficient (Wildman–Crippen LogP) is -4.39. The maximum atomic E-state index is 12.9. The Hall–Kier alpha value is -3.83. The number of carboxylic acids is 2. The molecule has 0 bridgehead atoms. The van der Waals surface area contributed by atoms with Crippen LogP contribution in [0, 0.1) is 0 Å². The molecule has 17 heteroatoms. The Bertz CT molecular complexity index is 885. The molecule has 0 aliphatic rings. The second-order valence-electron chi connectivity index (χ2n) is 8.76. The summed E-state index contributed by atoms with van der Waals surface area (Å²) in [4.78, 5) is 84.0. The first-order valence-corrected chi connectivity index (χ1v) is 12.2. The topological polar surface area (TPSA) is 306 Å². The van der Waals surface area contributed by atoms with Crippen LogP contribution in [0.25, 0.3) is 0 Å². The van der Waals surface area contributed by atoms with Gasteiger partial charge in [-0.1, -0.05) is 0 Å². The number of aliphatic carboxylic acids is 2. The van der Waals surface area contributed by atoms with Gasteiger partial charge in [0.25, 0.3) is 0 Å². The average Bonchev–Trinajstić information content (AvgIpc) is 2.86. The van der Waals surface area contributed by atoms with Crippen molar-refractivity contribution in [3.05, 3.63) is 0 Å². The lowest BCUT2D eigenvalue weighted by molar-refractivity contribution is -0.142. The number of hydrogen-bond acceptors (Lipinski definition) is 10. The third-order valence-corrected chi connectivity index (χ3v) is 5.44. The molecule has 0 aromatic rings. The van der Waals surface area contributed by atoms with E-state index in [1.165, 1.54) is 6.92 Å². The highest BCUT2D eigenvalue weighted by molar-refractivity contribution is 5.95. The number of carbonyl (C=O) groups excluding carboxylic acids is 5. The Morgan fingerprint density at radius 3 is 1.72 bits per heavy atom. The molecule has 0 aliphatic carbocycles. The van der Waals surface area contributed by atoms with E-state index < -0.39 is 91.1 Å². The number of hydrogen-bond donors (Lipinski definition) is 10. The van der Waals surface area contributed by atoms with Gasteiger partial charge in [-0.25, -0.2) is 4.79 Å². The number of aliphatic hydroxyl groups is 1. The number of primary amides is 1. The highest BCUT2D eigenvalue weighted by atomic mass is 16.4. The Morgan fingerprint density at radius 1 is 0.718 bits per heavy atom. The van der Waals surface area contributed by atoms with Gasteiger partial charge in [-0.3, -0.25) is 28.8 Å². The van der Waals surface area contributed by atoms with Crippen molar-refractivity contribution in [1.82, 2.24) is 21.3 Å². The Kier molecular flexibility index (Phi) is 16.6. The van der Waals surface area contributed by atoms with Gasteiger partial charge in [0.15, 0.2) is 0 Å². The fourth-order valence-corrected chi connectivity index (χ4v) is 3.15. The van der Waals surface area contributed by atoms with Gasteiger partial charge in [0.05, 0.1) is 6.61 Å². The summed E-state index contributed by atoms with van der Waals surface area (Å²) in [7, 11) is 0. The summed E-state index contributed by atoms with van der Waals surface area (Å²) in [6.07, 6.45) is -0.518. The van der Waals surface area contributed by atoms with Crippen molar-refractivity contribution < 1.29 is 48.9 Å². The van der Waals surface area contributed by atoms with Crippen LogP contribution in [0.4, 0.5) is 0 Å². The number of unbranched alkanes of at least 4 members (excludes halogenated alkanes) is 1. The number of nitrogens with two attached hydrogens (primary N) is 3. The molecule has 5 amide bonds. The quantitative estimate of drug-likeness (QED) is 0.0630. The smallest absolute Gasteiger partial charge is 0.326 e. The number of aliphatic hydroxyl groups excluding tert-OH is 1. The van der Waals surface area contributed by atoms with Crippen LogP contribution in [0.2, 0.25) is 0 Å². The normalized spacial score (nSPS) is 14.6. The maximum Gasteiger partial charge on any atom is 0.326 e. The average molecular weight is 562 g/mol. The molecule has 0 heterocycles. The van der Waals surface area contributed by atoms with Gasteiger partial charge in [-0.2, -0.15) is 0 Å². The molecule has 0 unspecified atom stereocenters. The SMILES string of the molecule is C[C@H](NC(=O)[C@H](CCC(=O)O)NC(=O)[C@H](CCC(N)=O)NC(=O)[C@@H](N)CO)C(=O)N[C@@H](CCCCN)C(=O)O. The van der Waals surface area contributed by atoms with Crippen molar-refractivity contribution in [2.45, 2.75) is 82.1 Å². The molecule has 13 N–H and O–H groups in total. The van der Waals surface area contributed by atoms with Crippen molar-refractivity contribution in [2.75, 3.05) is 13.2 Å². The molecule has 0 aromatic heterocycles. The van der Waals surface area contributed by atoms with Gasteiger partial charge in [0, 0.05) is 12.8 Å². The van der Waals surface area contributed by atoms with E-state index in [-0.39, 0.29) is 19.3 Å². The second kappa shape index (κ2) is 18.4. The van der Waals surface area contributed by atoms with Crippen molar-refractivity contribution in [3.63, 3.8) is 0 Å². The largest absolute Gasteiger partial charge is 0.481 e. The van der Waals surface area contributed by atoms with Crippen LogP contribution in [-0.2, 0) is 33.6 Å². The Labute approximate surface area is 224 Å². The molecule has 222 valence electrons. The predicted molar refractivity (Wildman–Crippen MR) is 134 cm³/mol. The van der Waals surface area contributed by atoms with Gasteiger partial charge in [-0.15, -0.1) is 0 Å². The molecule has 0 saturated carbocycles. The maximum absolute atomic E-state index is 12.9. The summed E-state index contributed by atoms with van der Waals surface area (Å²) in [5.74, 6) is -7.08. The van der Waals surface area contributed by atoms with E-state index >= 15 is 0 Å². The van der Waals surface area contributed by atoms with Crippen LogP contribution in [0.3, 0.4) is 0 Å². The molecular weight excluding hydrogens is 522 g/mol. The molecular formula is C22H39N7O10. The van der Waals surface area contributed by atoms with Crippen LogP contribution in [0.15, 0.2) is 0 Å². The van der Waals surface area contributed by atoms with E-state index in [1.807, 2.05) is 0 Å². The highest BCUT2D eigenvalue weighted by Gasteiger charge is 2.30. The van der Waals surface area contributed by atoms with Crippen LogP contribution >= 0.6 is 0 Å². The molecule has 5 atom stereocenters. The Morgan fingerprint density at radius 2 is 1.23 bits per heavy atom. The van der Waals surface area contributed by atoms with E-state index in [1.54, 1.807) is 0 Å². The van der Waals surface area contributed by atoms with E-state index in [0.29, 0.717) is 19.4 Å². The summed E-state index contributed by atoms with van der Waals surface area (Å²) in [6, 6.07) is -6.81. The zero-order valence-corrected chi connectivity index (χ0v) is 21.7. The van der Waals surface area contributed by atoms with E-state index in [2.05, 4.69) is 21.3 Å². The van der Waals surface area contributed by atoms with E-state index in [0.717, 1.165) is 0 Å². The third kappa shape index (κ3) is 14.6. The summed E-state index contributed by atoms with van der Waals surface area (Å²) in [5.41, 5.74) is 15.9. The van der Waals surface area contributed by atoms with E-state index in [9.17, 15) is 38.7 Å².